The lowest BCUT2D eigenvalue weighted by atomic mass is 10.1. The van der Waals surface area contributed by atoms with Crippen molar-refractivity contribution >= 4 is 0 Å². The minimum absolute atomic E-state index is 0.793. The molecule has 0 saturated heterocycles. The van der Waals surface area contributed by atoms with Gasteiger partial charge in [-0.2, -0.15) is 0 Å². The third kappa shape index (κ3) is 3.25. The summed E-state index contributed by atoms with van der Waals surface area (Å²) in [5.74, 6) is 0.898. The van der Waals surface area contributed by atoms with Crippen molar-refractivity contribution in [2.45, 2.75) is 26.9 Å². The fourth-order valence-corrected chi connectivity index (χ4v) is 1.60. The van der Waals surface area contributed by atoms with Gasteiger partial charge in [0.15, 0.2) is 0 Å². The highest BCUT2D eigenvalue weighted by Crippen LogP contribution is 2.10. The molecule has 0 radical (unpaired) electrons. The summed E-state index contributed by atoms with van der Waals surface area (Å²) in [7, 11) is 5.98. The van der Waals surface area contributed by atoms with Gasteiger partial charge in [0.25, 0.3) is 0 Å². The third-order valence-corrected chi connectivity index (χ3v) is 2.28. The lowest BCUT2D eigenvalue weighted by Crippen LogP contribution is -2.17. The molecule has 0 aliphatic carbocycles. The summed E-state index contributed by atoms with van der Waals surface area (Å²) in [6.45, 7) is 5.71. The van der Waals surface area contributed by atoms with E-state index in [1.165, 1.54) is 5.56 Å². The number of nitrogens with one attached hydrogen (secondary N) is 1. The predicted octanol–water partition coefficient (Wildman–Crippen LogP) is 0.874. The number of hydrogen-bond acceptors (Lipinski definition) is 4. The molecule has 0 unspecified atom stereocenters. The normalized spacial score (nSPS) is 11.1. The van der Waals surface area contributed by atoms with E-state index < -0.39 is 0 Å². The van der Waals surface area contributed by atoms with Crippen molar-refractivity contribution in [1.29, 1.82) is 0 Å². The van der Waals surface area contributed by atoms with Crippen LogP contribution in [0.2, 0.25) is 0 Å². The Labute approximate surface area is 91.7 Å². The van der Waals surface area contributed by atoms with Gasteiger partial charge < -0.3 is 10.2 Å². The molecule has 84 valence electrons. The summed E-state index contributed by atoms with van der Waals surface area (Å²) in [5, 5.41) is 3.14. The van der Waals surface area contributed by atoms with E-state index in [0.717, 1.165) is 30.3 Å². The molecule has 0 aliphatic heterocycles. The van der Waals surface area contributed by atoms with Crippen molar-refractivity contribution in [1.82, 2.24) is 20.2 Å². The van der Waals surface area contributed by atoms with Gasteiger partial charge in [0, 0.05) is 23.5 Å². The van der Waals surface area contributed by atoms with E-state index in [-0.39, 0.29) is 0 Å². The highest BCUT2D eigenvalue weighted by molar-refractivity contribution is 5.24. The van der Waals surface area contributed by atoms with E-state index >= 15 is 0 Å². The van der Waals surface area contributed by atoms with Gasteiger partial charge in [-0.05, 0) is 35.0 Å². The summed E-state index contributed by atoms with van der Waals surface area (Å²) in [5.41, 5.74) is 3.36. The number of aromatic nitrogens is 2. The first-order valence-corrected chi connectivity index (χ1v) is 5.17. The Kier molecular flexibility index (Phi) is 4.17. The van der Waals surface area contributed by atoms with Crippen LogP contribution in [-0.4, -0.2) is 36.0 Å². The van der Waals surface area contributed by atoms with E-state index in [9.17, 15) is 0 Å². The van der Waals surface area contributed by atoms with Crippen LogP contribution in [0, 0.1) is 13.8 Å². The van der Waals surface area contributed by atoms with Crippen molar-refractivity contribution in [2.75, 3.05) is 21.1 Å². The molecule has 0 bridgehead atoms. The largest absolute Gasteiger partial charge is 0.316 e. The Hall–Kier alpha value is -1.00. The topological polar surface area (TPSA) is 41.1 Å². The van der Waals surface area contributed by atoms with Gasteiger partial charge >= 0.3 is 0 Å². The average Bonchev–Trinajstić information content (AvgIpc) is 2.10. The zero-order valence-corrected chi connectivity index (χ0v) is 10.3. The Balaban J connectivity index is 2.97. The molecular formula is C11H20N4. The Morgan fingerprint density at radius 2 is 1.67 bits per heavy atom. The van der Waals surface area contributed by atoms with Crippen LogP contribution in [0.4, 0.5) is 0 Å². The fourth-order valence-electron chi connectivity index (χ4n) is 1.60. The molecule has 0 atom stereocenters. The fraction of sp³-hybridized carbons (Fsp3) is 0.636. The molecule has 4 nitrogen and oxygen atoms in total. The van der Waals surface area contributed by atoms with Crippen molar-refractivity contribution < 1.29 is 0 Å². The standard InChI is InChI=1S/C11H20N4/c1-8-10(6-12-3)9(2)14-11(13-8)7-15(4)5/h12H,6-7H2,1-5H3. The second-order valence-corrected chi connectivity index (χ2v) is 4.06. The molecule has 0 saturated carbocycles. The summed E-state index contributed by atoms with van der Waals surface area (Å²) in [6, 6.07) is 0. The predicted molar refractivity (Wildman–Crippen MR) is 61.7 cm³/mol. The minimum Gasteiger partial charge on any atom is -0.316 e. The minimum atomic E-state index is 0.793. The molecule has 0 aromatic carbocycles. The number of nitrogens with zero attached hydrogens (tertiary/aromatic N) is 3. The van der Waals surface area contributed by atoms with Crippen LogP contribution in [0.25, 0.3) is 0 Å². The van der Waals surface area contributed by atoms with Crippen molar-refractivity contribution in [3.8, 4) is 0 Å². The van der Waals surface area contributed by atoms with Crippen LogP contribution >= 0.6 is 0 Å². The van der Waals surface area contributed by atoms with Crippen LogP contribution in [0.5, 0.6) is 0 Å². The molecule has 4 heteroatoms. The molecule has 0 aliphatic rings. The van der Waals surface area contributed by atoms with E-state index in [4.69, 9.17) is 0 Å². The number of rotatable bonds is 4. The van der Waals surface area contributed by atoms with Crippen molar-refractivity contribution in [3.05, 3.63) is 22.8 Å². The first-order chi connectivity index (χ1) is 7.04. The van der Waals surface area contributed by atoms with E-state index in [0.29, 0.717) is 0 Å². The maximum atomic E-state index is 4.50. The van der Waals surface area contributed by atoms with Gasteiger partial charge in [-0.1, -0.05) is 0 Å². The molecule has 1 aromatic rings. The second-order valence-electron chi connectivity index (χ2n) is 4.06. The monoisotopic (exact) mass is 208 g/mol. The van der Waals surface area contributed by atoms with Gasteiger partial charge in [0.1, 0.15) is 5.82 Å². The maximum absolute atomic E-state index is 4.50. The highest BCUT2D eigenvalue weighted by atomic mass is 15.1. The summed E-state index contributed by atoms with van der Waals surface area (Å²) >= 11 is 0. The van der Waals surface area contributed by atoms with Gasteiger partial charge in [-0.25, -0.2) is 9.97 Å². The molecule has 0 amide bonds. The quantitative estimate of drug-likeness (QED) is 0.797. The highest BCUT2D eigenvalue weighted by Gasteiger charge is 2.07. The zero-order chi connectivity index (χ0) is 11.4. The van der Waals surface area contributed by atoms with Crippen LogP contribution in [0.1, 0.15) is 22.8 Å². The molecular weight excluding hydrogens is 188 g/mol. The van der Waals surface area contributed by atoms with E-state index in [1.54, 1.807) is 0 Å². The molecule has 15 heavy (non-hydrogen) atoms. The maximum Gasteiger partial charge on any atom is 0.142 e. The molecule has 1 heterocycles. The number of aryl methyl sites for hydroxylation is 2. The Morgan fingerprint density at radius 1 is 1.13 bits per heavy atom. The van der Waals surface area contributed by atoms with Crippen LogP contribution in [0.3, 0.4) is 0 Å². The smallest absolute Gasteiger partial charge is 0.142 e. The Bertz CT molecular complexity index is 310. The van der Waals surface area contributed by atoms with Crippen molar-refractivity contribution in [3.63, 3.8) is 0 Å². The SMILES string of the molecule is CNCc1c(C)nc(CN(C)C)nc1C. The van der Waals surface area contributed by atoms with Gasteiger partial charge in [-0.3, -0.25) is 0 Å². The van der Waals surface area contributed by atoms with Crippen LogP contribution in [0.15, 0.2) is 0 Å². The molecule has 1 rings (SSSR count). The Morgan fingerprint density at radius 3 is 2.07 bits per heavy atom. The van der Waals surface area contributed by atoms with Gasteiger partial charge in [-0.15, -0.1) is 0 Å². The van der Waals surface area contributed by atoms with E-state index in [2.05, 4.69) is 20.2 Å². The van der Waals surface area contributed by atoms with Crippen LogP contribution in [-0.2, 0) is 13.1 Å². The summed E-state index contributed by atoms with van der Waals surface area (Å²) < 4.78 is 0. The molecule has 0 spiro atoms. The van der Waals surface area contributed by atoms with Crippen molar-refractivity contribution in [2.24, 2.45) is 0 Å². The molecule has 0 fully saturated rings. The summed E-state index contributed by atoms with van der Waals surface area (Å²) in [4.78, 5) is 11.1. The second kappa shape index (κ2) is 5.19. The average molecular weight is 208 g/mol. The third-order valence-electron chi connectivity index (χ3n) is 2.28. The first-order valence-electron chi connectivity index (χ1n) is 5.17. The van der Waals surface area contributed by atoms with E-state index in [1.807, 2.05) is 35.0 Å². The number of hydrogen-bond donors (Lipinski definition) is 1. The van der Waals surface area contributed by atoms with Gasteiger partial charge in [0.05, 0.1) is 6.54 Å². The lowest BCUT2D eigenvalue weighted by molar-refractivity contribution is 0.389. The summed E-state index contributed by atoms with van der Waals surface area (Å²) in [6.07, 6.45) is 0. The first kappa shape index (κ1) is 12.1. The van der Waals surface area contributed by atoms with Gasteiger partial charge in [0.2, 0.25) is 0 Å². The zero-order valence-electron chi connectivity index (χ0n) is 10.3. The van der Waals surface area contributed by atoms with Crippen LogP contribution < -0.4 is 5.32 Å². The lowest BCUT2D eigenvalue weighted by Gasteiger charge is -2.13. The molecule has 1 N–H and O–H groups in total. The molecule has 1 aromatic heterocycles.